The third kappa shape index (κ3) is 14.6. The van der Waals surface area contributed by atoms with Crippen molar-refractivity contribution in [3.8, 4) is 0 Å². The van der Waals surface area contributed by atoms with Gasteiger partial charge in [-0.05, 0) is 32.6 Å². The lowest BCUT2D eigenvalue weighted by atomic mass is 10.1. The minimum Gasteiger partial charge on any atom is -0.466 e. The molecule has 174 valence electrons. The number of unbranched alkanes of at least 4 members (excludes halogenated alkanes) is 5. The van der Waals surface area contributed by atoms with Crippen LogP contribution in [0.4, 0.5) is 0 Å². The van der Waals surface area contributed by atoms with Gasteiger partial charge >= 0.3 is 5.97 Å². The lowest BCUT2D eigenvalue weighted by Crippen LogP contribution is -2.49. The molecule has 0 aromatic heterocycles. The first-order chi connectivity index (χ1) is 14.6. The number of hydrogen-bond acceptors (Lipinski definition) is 2. The molecule has 3 nitrogen and oxygen atoms in total. The van der Waals surface area contributed by atoms with Crippen molar-refractivity contribution in [3.63, 3.8) is 0 Å². The molecular weight excluding hydrogens is 370 g/mol. The number of hydrogen-bond donors (Lipinski definition) is 0. The highest BCUT2D eigenvalue weighted by atomic mass is 16.5. The van der Waals surface area contributed by atoms with Gasteiger partial charge in [0.05, 0.1) is 26.2 Å². The molecule has 0 heterocycles. The number of benzene rings is 1. The second kappa shape index (κ2) is 19.6. The van der Waals surface area contributed by atoms with Crippen molar-refractivity contribution in [3.05, 3.63) is 35.9 Å². The fourth-order valence-corrected chi connectivity index (χ4v) is 3.78. The van der Waals surface area contributed by atoms with Crippen LogP contribution in [0.3, 0.4) is 0 Å². The normalized spacial score (nSPS) is 11.0. The molecular formula is C27H50NO2+. The third-order valence-corrected chi connectivity index (χ3v) is 5.61. The molecule has 0 atom stereocenters. The lowest BCUT2D eigenvalue weighted by molar-refractivity contribution is -0.941. The first-order valence-electron chi connectivity index (χ1n) is 12.6. The zero-order valence-corrected chi connectivity index (χ0v) is 20.8. The summed E-state index contributed by atoms with van der Waals surface area (Å²) in [5.74, 6) is -0.0593. The molecule has 0 bridgehead atoms. The van der Waals surface area contributed by atoms with E-state index in [9.17, 15) is 4.79 Å². The summed E-state index contributed by atoms with van der Waals surface area (Å²) in [4.78, 5) is 10.7. The maximum absolute atomic E-state index is 10.7. The summed E-state index contributed by atoms with van der Waals surface area (Å²) < 4.78 is 6.05. The Hall–Kier alpha value is -1.35. The van der Waals surface area contributed by atoms with Gasteiger partial charge in [-0.15, -0.1) is 0 Å². The maximum Gasteiger partial charge on any atom is 0.305 e. The van der Waals surface area contributed by atoms with E-state index in [4.69, 9.17) is 4.74 Å². The molecule has 0 fully saturated rings. The van der Waals surface area contributed by atoms with E-state index >= 15 is 0 Å². The van der Waals surface area contributed by atoms with E-state index < -0.39 is 0 Å². The smallest absolute Gasteiger partial charge is 0.305 e. The fraction of sp³-hybridized carbons (Fsp3) is 0.741. The standard InChI is InChI=1S/C19H34N.C8H16O2/c1-4-7-15-20(16-8-5-2,17-9-6-3)18-19-13-11-10-12-14-19;1-3-5-6-7-8(9)10-4-2/h10-14H,4-9,15-18H2,1-3H3;3-7H2,1-2H3/q+1;. The second-order valence-corrected chi connectivity index (χ2v) is 8.48. The zero-order valence-electron chi connectivity index (χ0n) is 20.8. The molecule has 0 saturated heterocycles. The largest absolute Gasteiger partial charge is 0.466 e. The zero-order chi connectivity index (χ0) is 22.5. The first-order valence-corrected chi connectivity index (χ1v) is 12.6. The van der Waals surface area contributed by atoms with E-state index in [1.165, 1.54) is 74.8 Å². The molecule has 1 aromatic carbocycles. The Labute approximate surface area is 187 Å². The van der Waals surface area contributed by atoms with Crippen LogP contribution in [0, 0.1) is 0 Å². The van der Waals surface area contributed by atoms with Crippen LogP contribution in [0.25, 0.3) is 0 Å². The first kappa shape index (κ1) is 28.6. The molecule has 1 rings (SSSR count). The Bertz CT molecular complexity index is 479. The topological polar surface area (TPSA) is 26.3 Å². The van der Waals surface area contributed by atoms with E-state index in [1.54, 1.807) is 0 Å². The van der Waals surface area contributed by atoms with Crippen molar-refractivity contribution in [2.75, 3.05) is 26.2 Å². The molecule has 0 saturated carbocycles. The molecule has 0 aliphatic carbocycles. The number of rotatable bonds is 16. The van der Waals surface area contributed by atoms with Crippen LogP contribution in [-0.4, -0.2) is 36.7 Å². The summed E-state index contributed by atoms with van der Waals surface area (Å²) >= 11 is 0. The molecule has 1 aromatic rings. The van der Waals surface area contributed by atoms with Gasteiger partial charge in [-0.1, -0.05) is 90.1 Å². The predicted molar refractivity (Wildman–Crippen MR) is 131 cm³/mol. The van der Waals surface area contributed by atoms with Crippen LogP contribution in [0.5, 0.6) is 0 Å². The molecule has 3 heteroatoms. The lowest BCUT2D eigenvalue weighted by Gasteiger charge is -2.39. The minimum absolute atomic E-state index is 0.0593. The van der Waals surface area contributed by atoms with Crippen molar-refractivity contribution in [1.82, 2.24) is 0 Å². The van der Waals surface area contributed by atoms with E-state index in [0.717, 1.165) is 19.3 Å². The number of carbonyl (C=O) groups excluding carboxylic acids is 1. The number of quaternary nitrogens is 1. The quantitative estimate of drug-likeness (QED) is 0.157. The van der Waals surface area contributed by atoms with Crippen LogP contribution < -0.4 is 0 Å². The summed E-state index contributed by atoms with van der Waals surface area (Å²) in [5.41, 5.74) is 1.51. The fourth-order valence-electron chi connectivity index (χ4n) is 3.78. The highest BCUT2D eigenvalue weighted by Gasteiger charge is 2.26. The Morgan fingerprint density at radius 1 is 0.733 bits per heavy atom. The van der Waals surface area contributed by atoms with Crippen LogP contribution in [0.2, 0.25) is 0 Å². The van der Waals surface area contributed by atoms with Crippen molar-refractivity contribution < 1.29 is 14.0 Å². The van der Waals surface area contributed by atoms with Gasteiger partial charge in [0.1, 0.15) is 6.54 Å². The predicted octanol–water partition coefficient (Wildman–Crippen LogP) is 7.53. The van der Waals surface area contributed by atoms with Crippen LogP contribution in [-0.2, 0) is 16.1 Å². The van der Waals surface area contributed by atoms with Gasteiger partial charge in [-0.25, -0.2) is 0 Å². The van der Waals surface area contributed by atoms with Gasteiger partial charge in [0.15, 0.2) is 0 Å². The summed E-state index contributed by atoms with van der Waals surface area (Å²) in [6, 6.07) is 11.1. The van der Waals surface area contributed by atoms with Gasteiger partial charge in [0.2, 0.25) is 0 Å². The number of carbonyl (C=O) groups is 1. The second-order valence-electron chi connectivity index (χ2n) is 8.48. The van der Waals surface area contributed by atoms with Crippen LogP contribution in [0.15, 0.2) is 30.3 Å². The SMILES string of the molecule is CCCCCC(=O)OCC.CCCC[N+](CCCC)(CCCC)Cc1ccccc1. The van der Waals surface area contributed by atoms with E-state index in [0.29, 0.717) is 13.0 Å². The Kier molecular flexibility index (Phi) is 18.7. The van der Waals surface area contributed by atoms with Gasteiger partial charge in [0, 0.05) is 12.0 Å². The number of esters is 1. The maximum atomic E-state index is 10.7. The summed E-state index contributed by atoms with van der Waals surface area (Å²) in [6.07, 6.45) is 11.9. The van der Waals surface area contributed by atoms with E-state index in [-0.39, 0.29) is 5.97 Å². The van der Waals surface area contributed by atoms with Crippen LogP contribution >= 0.6 is 0 Å². The molecule has 0 aliphatic rings. The molecule has 0 aliphatic heterocycles. The highest BCUT2D eigenvalue weighted by molar-refractivity contribution is 5.69. The van der Waals surface area contributed by atoms with Crippen LogP contribution in [0.1, 0.15) is 104 Å². The molecule has 30 heavy (non-hydrogen) atoms. The molecule has 0 spiro atoms. The summed E-state index contributed by atoms with van der Waals surface area (Å²) in [6.45, 7) is 16.7. The minimum atomic E-state index is -0.0593. The average molecular weight is 421 g/mol. The Balaban J connectivity index is 0.000000710. The van der Waals surface area contributed by atoms with Gasteiger partial charge in [0.25, 0.3) is 0 Å². The van der Waals surface area contributed by atoms with E-state index in [1.807, 2.05) is 6.92 Å². The van der Waals surface area contributed by atoms with Gasteiger partial charge in [-0.2, -0.15) is 0 Å². The van der Waals surface area contributed by atoms with Gasteiger partial charge < -0.3 is 9.22 Å². The Morgan fingerprint density at radius 2 is 1.23 bits per heavy atom. The van der Waals surface area contributed by atoms with Crippen molar-refractivity contribution in [1.29, 1.82) is 0 Å². The molecule has 0 unspecified atom stereocenters. The monoisotopic (exact) mass is 420 g/mol. The van der Waals surface area contributed by atoms with Gasteiger partial charge in [-0.3, -0.25) is 4.79 Å². The molecule has 0 N–H and O–H groups in total. The number of ether oxygens (including phenoxy) is 1. The highest BCUT2D eigenvalue weighted by Crippen LogP contribution is 2.19. The summed E-state index contributed by atoms with van der Waals surface area (Å²) in [7, 11) is 0. The Morgan fingerprint density at radius 3 is 1.67 bits per heavy atom. The van der Waals surface area contributed by atoms with Crippen molar-refractivity contribution in [2.45, 2.75) is 105 Å². The van der Waals surface area contributed by atoms with Crippen molar-refractivity contribution >= 4 is 5.97 Å². The van der Waals surface area contributed by atoms with E-state index in [2.05, 4.69) is 58.0 Å². The summed E-state index contributed by atoms with van der Waals surface area (Å²) in [5, 5.41) is 0. The molecule has 0 radical (unpaired) electrons. The third-order valence-electron chi connectivity index (χ3n) is 5.61. The molecule has 0 amide bonds. The van der Waals surface area contributed by atoms with Crippen molar-refractivity contribution in [2.24, 2.45) is 0 Å². The number of nitrogens with zero attached hydrogens (tertiary/aromatic N) is 1. The average Bonchev–Trinajstić information content (AvgIpc) is 2.76.